The summed E-state index contributed by atoms with van der Waals surface area (Å²) in [6, 6.07) is -0.670. The van der Waals surface area contributed by atoms with Gasteiger partial charge in [0.05, 0.1) is 12.1 Å². The van der Waals surface area contributed by atoms with Crippen molar-refractivity contribution >= 4 is 0 Å². The molecule has 1 rings (SSSR count). The summed E-state index contributed by atoms with van der Waals surface area (Å²) in [5.41, 5.74) is -0.268. The summed E-state index contributed by atoms with van der Waals surface area (Å²) in [5, 5.41) is 32.1. The van der Waals surface area contributed by atoms with Crippen molar-refractivity contribution in [3.8, 4) is 0 Å². The number of ether oxygens (including phenoxy) is 1. The topological polar surface area (TPSA) is 82.0 Å². The highest BCUT2D eigenvalue weighted by Gasteiger charge is 2.42. The van der Waals surface area contributed by atoms with Gasteiger partial charge < -0.3 is 25.4 Å². The van der Waals surface area contributed by atoms with E-state index >= 15 is 0 Å². The SMILES string of the molecule is C[C@H]1OC(O)[C@H](NC(C)(C)C)[C@@H](O)[C@H]1O. The van der Waals surface area contributed by atoms with Crippen LogP contribution in [0.4, 0.5) is 0 Å². The first-order chi connectivity index (χ1) is 6.72. The quantitative estimate of drug-likeness (QED) is 0.464. The van der Waals surface area contributed by atoms with Crippen molar-refractivity contribution in [3.05, 3.63) is 0 Å². The molecule has 1 heterocycles. The molecule has 0 aromatic heterocycles. The van der Waals surface area contributed by atoms with Gasteiger partial charge in [-0.3, -0.25) is 0 Å². The second-order valence-electron chi connectivity index (χ2n) is 5.13. The molecule has 5 heteroatoms. The van der Waals surface area contributed by atoms with Crippen molar-refractivity contribution in [2.45, 2.75) is 63.9 Å². The first kappa shape index (κ1) is 12.9. The molecule has 0 aromatic rings. The average Bonchev–Trinajstić information content (AvgIpc) is 2.07. The number of rotatable bonds is 1. The largest absolute Gasteiger partial charge is 0.388 e. The van der Waals surface area contributed by atoms with Crippen LogP contribution < -0.4 is 5.32 Å². The Balaban J connectivity index is 2.70. The van der Waals surface area contributed by atoms with E-state index in [1.807, 2.05) is 20.8 Å². The molecule has 1 fully saturated rings. The zero-order chi connectivity index (χ0) is 11.8. The Kier molecular flexibility index (Phi) is 3.73. The molecule has 0 radical (unpaired) electrons. The van der Waals surface area contributed by atoms with Crippen LogP contribution >= 0.6 is 0 Å². The van der Waals surface area contributed by atoms with E-state index in [2.05, 4.69) is 5.32 Å². The zero-order valence-electron chi connectivity index (χ0n) is 9.64. The molecule has 1 aliphatic heterocycles. The van der Waals surface area contributed by atoms with Gasteiger partial charge in [-0.2, -0.15) is 0 Å². The van der Waals surface area contributed by atoms with Gasteiger partial charge >= 0.3 is 0 Å². The first-order valence-corrected chi connectivity index (χ1v) is 5.20. The van der Waals surface area contributed by atoms with Crippen LogP contribution in [0.15, 0.2) is 0 Å². The molecule has 5 nitrogen and oxygen atoms in total. The van der Waals surface area contributed by atoms with Crippen molar-refractivity contribution in [3.63, 3.8) is 0 Å². The monoisotopic (exact) mass is 219 g/mol. The van der Waals surface area contributed by atoms with Crippen LogP contribution in [0, 0.1) is 0 Å². The summed E-state index contributed by atoms with van der Waals surface area (Å²) in [4.78, 5) is 0. The fourth-order valence-corrected chi connectivity index (χ4v) is 1.70. The molecule has 90 valence electrons. The molecule has 0 saturated carbocycles. The Morgan fingerprint density at radius 3 is 2.07 bits per heavy atom. The third kappa shape index (κ3) is 3.12. The van der Waals surface area contributed by atoms with Crippen molar-refractivity contribution < 1.29 is 20.1 Å². The van der Waals surface area contributed by atoms with E-state index in [0.29, 0.717) is 0 Å². The zero-order valence-corrected chi connectivity index (χ0v) is 9.64. The van der Waals surface area contributed by atoms with E-state index in [4.69, 9.17) is 4.74 Å². The maximum atomic E-state index is 9.79. The van der Waals surface area contributed by atoms with Gasteiger partial charge in [0, 0.05) is 5.54 Å². The molecular weight excluding hydrogens is 198 g/mol. The standard InChI is InChI=1S/C10H21NO4/c1-5-7(12)8(13)6(9(14)15-5)11-10(2,3)4/h5-9,11-14H,1-4H3/t5-,6-,7+,8-,9?/m1/s1. The Bertz CT molecular complexity index is 216. The van der Waals surface area contributed by atoms with Crippen LogP contribution in [0.1, 0.15) is 27.7 Å². The van der Waals surface area contributed by atoms with Crippen LogP contribution in [0.5, 0.6) is 0 Å². The van der Waals surface area contributed by atoms with Crippen LogP contribution in [0.2, 0.25) is 0 Å². The minimum atomic E-state index is -1.10. The smallest absolute Gasteiger partial charge is 0.173 e. The normalized spacial score (nSPS) is 43.0. The Hall–Kier alpha value is -0.200. The fourth-order valence-electron chi connectivity index (χ4n) is 1.70. The molecule has 1 saturated heterocycles. The second-order valence-corrected chi connectivity index (χ2v) is 5.13. The van der Waals surface area contributed by atoms with Crippen LogP contribution in [-0.4, -0.2) is 51.5 Å². The minimum Gasteiger partial charge on any atom is -0.388 e. The van der Waals surface area contributed by atoms with Crippen molar-refractivity contribution in [2.24, 2.45) is 0 Å². The lowest BCUT2D eigenvalue weighted by Gasteiger charge is -2.42. The molecule has 15 heavy (non-hydrogen) atoms. The summed E-state index contributed by atoms with van der Waals surface area (Å²) >= 11 is 0. The van der Waals surface area contributed by atoms with Gasteiger partial charge in [-0.05, 0) is 27.7 Å². The number of nitrogens with one attached hydrogen (secondary N) is 1. The van der Waals surface area contributed by atoms with Gasteiger partial charge in [-0.25, -0.2) is 0 Å². The van der Waals surface area contributed by atoms with Crippen LogP contribution in [-0.2, 0) is 4.74 Å². The summed E-state index contributed by atoms with van der Waals surface area (Å²) in [5.74, 6) is 0. The van der Waals surface area contributed by atoms with Crippen molar-refractivity contribution in [1.29, 1.82) is 0 Å². The third-order valence-corrected chi connectivity index (χ3v) is 2.46. The van der Waals surface area contributed by atoms with Gasteiger partial charge in [0.1, 0.15) is 12.2 Å². The summed E-state index contributed by atoms with van der Waals surface area (Å²) < 4.78 is 5.11. The maximum absolute atomic E-state index is 9.79. The van der Waals surface area contributed by atoms with Gasteiger partial charge in [0.25, 0.3) is 0 Å². The Labute approximate surface area is 90.1 Å². The number of hydrogen-bond acceptors (Lipinski definition) is 5. The van der Waals surface area contributed by atoms with Gasteiger partial charge in [-0.15, -0.1) is 0 Å². The molecular formula is C10H21NO4. The predicted molar refractivity (Wildman–Crippen MR) is 55.2 cm³/mol. The second kappa shape index (κ2) is 4.35. The van der Waals surface area contributed by atoms with Gasteiger partial charge in [-0.1, -0.05) is 0 Å². The summed E-state index contributed by atoms with van der Waals surface area (Å²) in [6.45, 7) is 7.36. The molecule has 5 atom stereocenters. The lowest BCUT2D eigenvalue weighted by molar-refractivity contribution is -0.245. The van der Waals surface area contributed by atoms with E-state index < -0.39 is 30.6 Å². The Morgan fingerprint density at radius 2 is 1.60 bits per heavy atom. The van der Waals surface area contributed by atoms with E-state index in [1.165, 1.54) is 0 Å². The molecule has 4 N–H and O–H groups in total. The molecule has 0 aromatic carbocycles. The number of aliphatic hydroxyl groups excluding tert-OH is 3. The number of hydrogen-bond donors (Lipinski definition) is 4. The highest BCUT2D eigenvalue weighted by molar-refractivity contribution is 4.94. The van der Waals surface area contributed by atoms with Crippen LogP contribution in [0.3, 0.4) is 0 Å². The molecule has 0 aliphatic carbocycles. The minimum absolute atomic E-state index is 0.268. The lowest BCUT2D eigenvalue weighted by atomic mass is 9.95. The highest BCUT2D eigenvalue weighted by Crippen LogP contribution is 2.21. The van der Waals surface area contributed by atoms with Crippen molar-refractivity contribution in [2.75, 3.05) is 0 Å². The predicted octanol–water partition coefficient (Wildman–Crippen LogP) is -0.798. The average molecular weight is 219 g/mol. The first-order valence-electron chi connectivity index (χ1n) is 5.20. The van der Waals surface area contributed by atoms with Gasteiger partial charge in [0.2, 0.25) is 0 Å². The van der Waals surface area contributed by atoms with Gasteiger partial charge in [0.15, 0.2) is 6.29 Å². The molecule has 1 aliphatic rings. The highest BCUT2D eigenvalue weighted by atomic mass is 16.6. The molecule has 0 amide bonds. The fraction of sp³-hybridized carbons (Fsp3) is 1.00. The van der Waals surface area contributed by atoms with E-state index in [1.54, 1.807) is 6.92 Å². The van der Waals surface area contributed by atoms with E-state index in [-0.39, 0.29) is 5.54 Å². The molecule has 0 bridgehead atoms. The summed E-state index contributed by atoms with van der Waals surface area (Å²) in [6.07, 6.45) is -3.66. The molecule has 0 spiro atoms. The summed E-state index contributed by atoms with van der Waals surface area (Å²) in [7, 11) is 0. The maximum Gasteiger partial charge on any atom is 0.173 e. The number of aliphatic hydroxyl groups is 3. The van der Waals surface area contributed by atoms with E-state index in [9.17, 15) is 15.3 Å². The molecule has 1 unspecified atom stereocenters. The Morgan fingerprint density at radius 1 is 1.07 bits per heavy atom. The third-order valence-electron chi connectivity index (χ3n) is 2.46. The van der Waals surface area contributed by atoms with E-state index in [0.717, 1.165) is 0 Å². The van der Waals surface area contributed by atoms with Crippen LogP contribution in [0.25, 0.3) is 0 Å². The van der Waals surface area contributed by atoms with Crippen molar-refractivity contribution in [1.82, 2.24) is 5.32 Å². The lowest BCUT2D eigenvalue weighted by Crippen LogP contribution is -2.64.